The topological polar surface area (TPSA) is 110 Å². The molecule has 0 saturated heterocycles. The molecule has 1 aromatic heterocycles. The van der Waals surface area contributed by atoms with Crippen LogP contribution in [-0.4, -0.2) is 15.9 Å². The van der Waals surface area contributed by atoms with E-state index >= 15 is 0 Å². The summed E-state index contributed by atoms with van der Waals surface area (Å²) in [6, 6.07) is 0. The second-order valence-corrected chi connectivity index (χ2v) is 2.86. The van der Waals surface area contributed by atoms with E-state index in [2.05, 4.69) is 9.97 Å². The van der Waals surface area contributed by atoms with Crippen LogP contribution in [-0.2, 0) is 0 Å². The van der Waals surface area contributed by atoms with Crippen LogP contribution in [0.2, 0.25) is 5.15 Å². The standard InChI is InChI=1S/C5H6ClN5OS/c6-2-5(13)9-1(3(7)10-2)4(12)11-8/h8H2,(H2,7,10)(H,9,13)(H,11,12). The maximum absolute atomic E-state index is 11.0. The number of aromatic nitrogens is 2. The van der Waals surface area contributed by atoms with Crippen LogP contribution in [0.25, 0.3) is 0 Å². The number of rotatable bonds is 1. The molecule has 1 amide bonds. The molecule has 0 radical (unpaired) electrons. The predicted molar refractivity (Wildman–Crippen MR) is 50.5 cm³/mol. The molecule has 0 aliphatic rings. The highest BCUT2D eigenvalue weighted by molar-refractivity contribution is 7.71. The summed E-state index contributed by atoms with van der Waals surface area (Å²) in [5, 5.41) is 0.0427. The van der Waals surface area contributed by atoms with Crippen LogP contribution in [0.5, 0.6) is 0 Å². The lowest BCUT2D eigenvalue weighted by molar-refractivity contribution is 0.0949. The average molecular weight is 220 g/mol. The van der Waals surface area contributed by atoms with E-state index in [9.17, 15) is 4.79 Å². The van der Waals surface area contributed by atoms with Gasteiger partial charge in [-0.2, -0.15) is 0 Å². The van der Waals surface area contributed by atoms with E-state index in [1.165, 1.54) is 0 Å². The first-order valence-electron chi connectivity index (χ1n) is 3.12. The Hall–Kier alpha value is -1.18. The minimum Gasteiger partial charge on any atom is -0.382 e. The Balaban J connectivity index is 3.32. The van der Waals surface area contributed by atoms with Crippen LogP contribution in [0, 0.1) is 4.64 Å². The number of nitrogens with zero attached hydrogens (tertiary/aromatic N) is 1. The molecule has 70 valence electrons. The zero-order valence-corrected chi connectivity index (χ0v) is 7.87. The van der Waals surface area contributed by atoms with Crippen LogP contribution in [0.4, 0.5) is 5.82 Å². The first kappa shape index (κ1) is 9.90. The van der Waals surface area contributed by atoms with Gasteiger partial charge in [-0.15, -0.1) is 0 Å². The molecular weight excluding hydrogens is 214 g/mol. The maximum atomic E-state index is 11.0. The lowest BCUT2D eigenvalue weighted by Crippen LogP contribution is -2.31. The third kappa shape index (κ3) is 1.94. The lowest BCUT2D eigenvalue weighted by atomic mass is 10.4. The number of nitrogens with two attached hydrogens (primary N) is 2. The van der Waals surface area contributed by atoms with Gasteiger partial charge in [0, 0.05) is 0 Å². The summed E-state index contributed by atoms with van der Waals surface area (Å²) in [6.07, 6.45) is 0. The molecule has 13 heavy (non-hydrogen) atoms. The number of amides is 1. The second-order valence-electron chi connectivity index (χ2n) is 2.09. The number of carbonyl (C=O) groups excluding carboxylic acids is 1. The first-order valence-corrected chi connectivity index (χ1v) is 3.91. The minimum absolute atomic E-state index is 0.00287. The monoisotopic (exact) mass is 219 g/mol. The summed E-state index contributed by atoms with van der Waals surface area (Å²) in [7, 11) is 0. The van der Waals surface area contributed by atoms with Crippen molar-refractivity contribution in [2.24, 2.45) is 5.84 Å². The van der Waals surface area contributed by atoms with Crippen molar-refractivity contribution in [3.63, 3.8) is 0 Å². The number of hydrogen-bond acceptors (Lipinski definition) is 5. The van der Waals surface area contributed by atoms with Crippen molar-refractivity contribution >= 4 is 35.5 Å². The molecule has 1 heterocycles. The normalized spacial score (nSPS) is 9.69. The largest absolute Gasteiger partial charge is 0.382 e. The van der Waals surface area contributed by atoms with Crippen molar-refractivity contribution in [2.45, 2.75) is 0 Å². The van der Waals surface area contributed by atoms with E-state index < -0.39 is 5.91 Å². The van der Waals surface area contributed by atoms with E-state index in [0.717, 1.165) is 0 Å². The predicted octanol–water partition coefficient (Wildman–Crippen LogP) is -0.0217. The number of halogens is 1. The molecule has 0 aromatic carbocycles. The Morgan fingerprint density at radius 1 is 1.69 bits per heavy atom. The highest BCUT2D eigenvalue weighted by atomic mass is 35.5. The van der Waals surface area contributed by atoms with E-state index in [0.29, 0.717) is 0 Å². The number of nitrogen functional groups attached to an aromatic ring is 2. The summed E-state index contributed by atoms with van der Waals surface area (Å²) < 4.78 is 0.134. The van der Waals surface area contributed by atoms with E-state index in [1.54, 1.807) is 0 Å². The number of anilines is 1. The molecule has 0 aliphatic carbocycles. The molecular formula is C5H6ClN5OS. The third-order valence-electron chi connectivity index (χ3n) is 1.26. The lowest BCUT2D eigenvalue weighted by Gasteiger charge is -2.03. The molecule has 0 fully saturated rings. The minimum atomic E-state index is -0.604. The fraction of sp³-hybridized carbons (Fsp3) is 0. The van der Waals surface area contributed by atoms with Gasteiger partial charge < -0.3 is 10.7 Å². The van der Waals surface area contributed by atoms with Gasteiger partial charge in [0.15, 0.2) is 11.0 Å². The summed E-state index contributed by atoms with van der Waals surface area (Å²) in [5.41, 5.74) is 7.26. The maximum Gasteiger partial charge on any atom is 0.285 e. The summed E-state index contributed by atoms with van der Waals surface area (Å²) in [6.45, 7) is 0. The number of hydrogen-bond donors (Lipinski definition) is 4. The molecule has 0 spiro atoms. The molecule has 8 heteroatoms. The quantitative estimate of drug-likeness (QED) is 0.230. The van der Waals surface area contributed by atoms with Gasteiger partial charge in [-0.25, -0.2) is 10.8 Å². The zero-order valence-electron chi connectivity index (χ0n) is 6.30. The molecule has 0 bridgehead atoms. The SMILES string of the molecule is NNC(=O)c1[nH]c(=S)c(Cl)nc1N. The van der Waals surface area contributed by atoms with Crippen molar-refractivity contribution in [2.75, 3.05) is 5.73 Å². The summed E-state index contributed by atoms with van der Waals surface area (Å²) in [4.78, 5) is 17.2. The van der Waals surface area contributed by atoms with Gasteiger partial charge in [0.1, 0.15) is 10.3 Å². The van der Waals surface area contributed by atoms with Crippen LogP contribution in [0.1, 0.15) is 10.5 Å². The van der Waals surface area contributed by atoms with Gasteiger partial charge in [-0.1, -0.05) is 23.8 Å². The molecule has 0 saturated carbocycles. The average Bonchev–Trinajstić information content (AvgIpc) is 2.10. The molecule has 1 rings (SSSR count). The Morgan fingerprint density at radius 3 is 2.85 bits per heavy atom. The van der Waals surface area contributed by atoms with Gasteiger partial charge in [0.05, 0.1) is 0 Å². The van der Waals surface area contributed by atoms with Crippen LogP contribution >= 0.6 is 23.8 Å². The van der Waals surface area contributed by atoms with E-state index in [4.69, 9.17) is 35.4 Å². The van der Waals surface area contributed by atoms with E-state index in [-0.39, 0.29) is 21.3 Å². The molecule has 1 aromatic rings. The number of carbonyl (C=O) groups is 1. The van der Waals surface area contributed by atoms with Gasteiger partial charge in [0.2, 0.25) is 0 Å². The van der Waals surface area contributed by atoms with Crippen molar-refractivity contribution in [3.05, 3.63) is 15.5 Å². The van der Waals surface area contributed by atoms with E-state index in [1.807, 2.05) is 5.43 Å². The number of H-pyrrole nitrogens is 1. The molecule has 6 N–H and O–H groups in total. The van der Waals surface area contributed by atoms with Gasteiger partial charge in [-0.3, -0.25) is 10.2 Å². The Bertz CT molecular complexity index is 402. The third-order valence-corrected chi connectivity index (χ3v) is 1.94. The fourth-order valence-corrected chi connectivity index (χ4v) is 0.973. The second kappa shape index (κ2) is 3.69. The Kier molecular flexibility index (Phi) is 2.81. The number of hydrazine groups is 1. The first-order chi connectivity index (χ1) is 6.06. The molecule has 0 aliphatic heterocycles. The van der Waals surface area contributed by atoms with Crippen LogP contribution in [0.15, 0.2) is 0 Å². The van der Waals surface area contributed by atoms with Crippen LogP contribution < -0.4 is 17.0 Å². The highest BCUT2D eigenvalue weighted by Gasteiger charge is 2.11. The summed E-state index contributed by atoms with van der Waals surface area (Å²) >= 11 is 10.3. The van der Waals surface area contributed by atoms with Crippen molar-refractivity contribution in [3.8, 4) is 0 Å². The van der Waals surface area contributed by atoms with Crippen molar-refractivity contribution in [1.82, 2.24) is 15.4 Å². The fourth-order valence-electron chi connectivity index (χ4n) is 0.687. The number of aromatic amines is 1. The summed E-state index contributed by atoms with van der Waals surface area (Å²) in [5.74, 6) is 4.23. The number of nitrogens with one attached hydrogen (secondary N) is 2. The highest BCUT2D eigenvalue weighted by Crippen LogP contribution is 2.11. The Labute approximate surface area is 83.3 Å². The van der Waals surface area contributed by atoms with Crippen molar-refractivity contribution < 1.29 is 4.79 Å². The van der Waals surface area contributed by atoms with Crippen molar-refractivity contribution in [1.29, 1.82) is 0 Å². The van der Waals surface area contributed by atoms with Gasteiger partial charge >= 0.3 is 0 Å². The van der Waals surface area contributed by atoms with Gasteiger partial charge in [0.25, 0.3) is 5.91 Å². The van der Waals surface area contributed by atoms with Crippen LogP contribution in [0.3, 0.4) is 0 Å². The molecule has 0 unspecified atom stereocenters. The molecule has 6 nitrogen and oxygen atoms in total. The smallest absolute Gasteiger partial charge is 0.285 e. The molecule has 0 atom stereocenters. The Morgan fingerprint density at radius 2 is 2.31 bits per heavy atom. The van der Waals surface area contributed by atoms with Gasteiger partial charge in [-0.05, 0) is 0 Å². The zero-order chi connectivity index (χ0) is 10.0.